The molecular formula is C18H16ClN3O2S2. The highest BCUT2D eigenvalue weighted by molar-refractivity contribution is 7.80. The van der Waals surface area contributed by atoms with Gasteiger partial charge in [-0.3, -0.25) is 10.1 Å². The Kier molecular flexibility index (Phi) is 5.70. The summed E-state index contributed by atoms with van der Waals surface area (Å²) in [4.78, 5) is 16.4. The lowest BCUT2D eigenvalue weighted by Gasteiger charge is -2.09. The normalized spacial score (nSPS) is 10.6. The minimum atomic E-state index is -0.342. The van der Waals surface area contributed by atoms with E-state index in [0.717, 1.165) is 21.3 Å². The molecule has 5 nitrogen and oxygen atoms in total. The number of carbonyl (C=O) groups is 1. The lowest BCUT2D eigenvalue weighted by atomic mass is 10.1. The summed E-state index contributed by atoms with van der Waals surface area (Å²) in [6, 6.07) is 11.2. The summed E-state index contributed by atoms with van der Waals surface area (Å²) in [6.07, 6.45) is 0. The second-order valence-corrected chi connectivity index (χ2v) is 7.62. The van der Waals surface area contributed by atoms with E-state index in [1.54, 1.807) is 6.07 Å². The standard InChI is InChI=1S/C18H16ClN3O2S2/c1-10-5-11(2)7-13(6-10)24-9-16(23)21-17(25)22-18-20-14-4-3-12(19)8-15(14)26-18/h3-8H,9H2,1-2H3,(H2,20,21,22,23,25). The number of hydrogen-bond acceptors (Lipinski definition) is 5. The molecule has 0 radical (unpaired) electrons. The average molecular weight is 406 g/mol. The maximum Gasteiger partial charge on any atom is 0.264 e. The summed E-state index contributed by atoms with van der Waals surface area (Å²) < 4.78 is 6.45. The van der Waals surface area contributed by atoms with Gasteiger partial charge in [-0.15, -0.1) is 0 Å². The lowest BCUT2D eigenvalue weighted by molar-refractivity contribution is -0.121. The zero-order valence-electron chi connectivity index (χ0n) is 14.1. The average Bonchev–Trinajstić information content (AvgIpc) is 2.93. The molecule has 0 aliphatic heterocycles. The van der Waals surface area contributed by atoms with Crippen LogP contribution < -0.4 is 15.4 Å². The van der Waals surface area contributed by atoms with Crippen LogP contribution in [0.1, 0.15) is 11.1 Å². The van der Waals surface area contributed by atoms with Gasteiger partial charge in [0.15, 0.2) is 16.9 Å². The molecule has 2 N–H and O–H groups in total. The highest BCUT2D eigenvalue weighted by atomic mass is 35.5. The van der Waals surface area contributed by atoms with Gasteiger partial charge in [-0.1, -0.05) is 29.0 Å². The predicted octanol–water partition coefficient (Wildman–Crippen LogP) is 4.46. The first kappa shape index (κ1) is 18.6. The van der Waals surface area contributed by atoms with Crippen molar-refractivity contribution in [2.45, 2.75) is 13.8 Å². The van der Waals surface area contributed by atoms with Gasteiger partial charge in [0.05, 0.1) is 10.2 Å². The van der Waals surface area contributed by atoms with Crippen LogP contribution in [0.4, 0.5) is 5.13 Å². The summed E-state index contributed by atoms with van der Waals surface area (Å²) in [5.74, 6) is 0.311. The number of anilines is 1. The van der Waals surface area contributed by atoms with E-state index < -0.39 is 0 Å². The van der Waals surface area contributed by atoms with Crippen LogP contribution in [-0.4, -0.2) is 22.6 Å². The Labute approximate surface area is 165 Å². The van der Waals surface area contributed by atoms with Gasteiger partial charge in [-0.05, 0) is 67.5 Å². The Bertz CT molecular complexity index is 967. The molecule has 0 saturated heterocycles. The molecule has 0 spiro atoms. The van der Waals surface area contributed by atoms with Crippen LogP contribution in [0.25, 0.3) is 10.2 Å². The highest BCUT2D eigenvalue weighted by Gasteiger charge is 2.09. The molecule has 0 saturated carbocycles. The number of nitrogens with one attached hydrogen (secondary N) is 2. The number of aryl methyl sites for hydroxylation is 2. The van der Waals surface area contributed by atoms with Crippen molar-refractivity contribution in [2.24, 2.45) is 0 Å². The number of halogens is 1. The number of amides is 1. The van der Waals surface area contributed by atoms with Gasteiger partial charge in [-0.2, -0.15) is 0 Å². The Balaban J connectivity index is 1.54. The summed E-state index contributed by atoms with van der Waals surface area (Å²) in [5, 5.41) is 6.89. The Morgan fingerprint density at radius 1 is 1.23 bits per heavy atom. The third kappa shape index (κ3) is 4.91. The highest BCUT2D eigenvalue weighted by Crippen LogP contribution is 2.28. The summed E-state index contributed by atoms with van der Waals surface area (Å²) in [5.41, 5.74) is 2.97. The number of ether oxygens (including phenoxy) is 1. The molecule has 134 valence electrons. The molecule has 3 rings (SSSR count). The number of benzene rings is 2. The van der Waals surface area contributed by atoms with Crippen molar-refractivity contribution >= 4 is 61.5 Å². The van der Waals surface area contributed by atoms with Gasteiger partial charge in [-0.25, -0.2) is 4.98 Å². The van der Waals surface area contributed by atoms with Gasteiger partial charge < -0.3 is 10.1 Å². The first-order chi connectivity index (χ1) is 12.4. The van der Waals surface area contributed by atoms with Crippen molar-refractivity contribution in [1.82, 2.24) is 10.3 Å². The lowest BCUT2D eigenvalue weighted by Crippen LogP contribution is -2.37. The first-order valence-corrected chi connectivity index (χ1v) is 9.37. The minimum absolute atomic E-state index is 0.125. The van der Waals surface area contributed by atoms with Crippen LogP contribution in [0, 0.1) is 13.8 Å². The maximum atomic E-state index is 12.0. The fourth-order valence-electron chi connectivity index (χ4n) is 2.41. The number of rotatable bonds is 4. The smallest absolute Gasteiger partial charge is 0.264 e. The molecule has 1 amide bonds. The summed E-state index contributed by atoms with van der Waals surface area (Å²) in [6.45, 7) is 3.83. The van der Waals surface area contributed by atoms with Crippen LogP contribution in [0.15, 0.2) is 36.4 Å². The molecule has 2 aromatic carbocycles. The van der Waals surface area contributed by atoms with Crippen molar-refractivity contribution in [2.75, 3.05) is 11.9 Å². The number of thiazole rings is 1. The van der Waals surface area contributed by atoms with Crippen molar-refractivity contribution in [3.63, 3.8) is 0 Å². The zero-order chi connectivity index (χ0) is 18.7. The van der Waals surface area contributed by atoms with E-state index in [1.165, 1.54) is 11.3 Å². The van der Waals surface area contributed by atoms with Gasteiger partial charge in [0.2, 0.25) is 0 Å². The molecule has 0 bridgehead atoms. The summed E-state index contributed by atoms with van der Waals surface area (Å²) >= 11 is 12.5. The van der Waals surface area contributed by atoms with Gasteiger partial charge in [0, 0.05) is 5.02 Å². The molecule has 3 aromatic rings. The van der Waals surface area contributed by atoms with Crippen molar-refractivity contribution < 1.29 is 9.53 Å². The number of aromatic nitrogens is 1. The van der Waals surface area contributed by atoms with Crippen LogP contribution in [0.2, 0.25) is 5.02 Å². The maximum absolute atomic E-state index is 12.0. The molecule has 0 unspecified atom stereocenters. The van der Waals surface area contributed by atoms with E-state index in [1.807, 2.05) is 44.2 Å². The van der Waals surface area contributed by atoms with E-state index in [0.29, 0.717) is 15.9 Å². The SMILES string of the molecule is Cc1cc(C)cc(OCC(=O)NC(=S)Nc2nc3ccc(Cl)cc3s2)c1. The molecular weight excluding hydrogens is 390 g/mol. The first-order valence-electron chi connectivity index (χ1n) is 7.77. The van der Waals surface area contributed by atoms with Crippen LogP contribution in [0.3, 0.4) is 0 Å². The Morgan fingerprint density at radius 2 is 1.96 bits per heavy atom. The predicted molar refractivity (Wildman–Crippen MR) is 110 cm³/mol. The van der Waals surface area contributed by atoms with E-state index >= 15 is 0 Å². The third-order valence-corrected chi connectivity index (χ3v) is 4.76. The third-order valence-electron chi connectivity index (χ3n) is 3.39. The summed E-state index contributed by atoms with van der Waals surface area (Å²) in [7, 11) is 0. The topological polar surface area (TPSA) is 63.2 Å². The molecule has 1 aromatic heterocycles. The number of carbonyl (C=O) groups excluding carboxylic acids is 1. The number of thiocarbonyl (C=S) groups is 1. The van der Waals surface area contributed by atoms with E-state index in [-0.39, 0.29) is 17.6 Å². The van der Waals surface area contributed by atoms with Crippen molar-refractivity contribution in [3.8, 4) is 5.75 Å². The number of hydrogen-bond donors (Lipinski definition) is 2. The Hall–Kier alpha value is -2.22. The van der Waals surface area contributed by atoms with E-state index in [4.69, 9.17) is 28.6 Å². The van der Waals surface area contributed by atoms with Crippen LogP contribution in [0.5, 0.6) is 5.75 Å². The van der Waals surface area contributed by atoms with Crippen LogP contribution >= 0.6 is 35.2 Å². The molecule has 8 heteroatoms. The van der Waals surface area contributed by atoms with E-state index in [9.17, 15) is 4.79 Å². The largest absolute Gasteiger partial charge is 0.484 e. The van der Waals surface area contributed by atoms with Gasteiger partial charge in [0.1, 0.15) is 5.75 Å². The quantitative estimate of drug-likeness (QED) is 0.627. The van der Waals surface area contributed by atoms with E-state index in [2.05, 4.69) is 15.6 Å². The van der Waals surface area contributed by atoms with Crippen molar-refractivity contribution in [1.29, 1.82) is 0 Å². The fourth-order valence-corrected chi connectivity index (χ4v) is 3.83. The molecule has 26 heavy (non-hydrogen) atoms. The van der Waals surface area contributed by atoms with Gasteiger partial charge in [0.25, 0.3) is 5.91 Å². The monoisotopic (exact) mass is 405 g/mol. The Morgan fingerprint density at radius 3 is 2.69 bits per heavy atom. The second kappa shape index (κ2) is 7.99. The molecule has 0 aliphatic rings. The molecule has 0 atom stereocenters. The molecule has 0 fully saturated rings. The number of fused-ring (bicyclic) bond motifs is 1. The second-order valence-electron chi connectivity index (χ2n) is 5.75. The van der Waals surface area contributed by atoms with Crippen LogP contribution in [-0.2, 0) is 4.79 Å². The zero-order valence-corrected chi connectivity index (χ0v) is 16.5. The minimum Gasteiger partial charge on any atom is -0.484 e. The molecule has 0 aliphatic carbocycles. The fraction of sp³-hybridized carbons (Fsp3) is 0.167. The molecule has 1 heterocycles. The van der Waals surface area contributed by atoms with Gasteiger partial charge >= 0.3 is 0 Å². The van der Waals surface area contributed by atoms with Crippen molar-refractivity contribution in [3.05, 3.63) is 52.5 Å². The number of nitrogens with zero attached hydrogens (tertiary/aromatic N) is 1.